The van der Waals surface area contributed by atoms with Crippen molar-refractivity contribution in [2.45, 2.75) is 4.90 Å². The van der Waals surface area contributed by atoms with E-state index in [2.05, 4.69) is 9.38 Å². The van der Waals surface area contributed by atoms with Crippen LogP contribution in [0.2, 0.25) is 0 Å². The fourth-order valence-electron chi connectivity index (χ4n) is 1.18. The van der Waals surface area contributed by atoms with Gasteiger partial charge in [-0.15, -0.1) is 4.40 Å². The Labute approximate surface area is 103 Å². The molecule has 0 saturated carbocycles. The molecule has 1 heterocycles. The van der Waals surface area contributed by atoms with Crippen molar-refractivity contribution in [3.05, 3.63) is 48.8 Å². The number of nitrogens with zero attached hydrogens (tertiary/aromatic N) is 2. The van der Waals surface area contributed by atoms with Crippen molar-refractivity contribution in [1.29, 1.82) is 0 Å². The molecule has 0 amide bonds. The van der Waals surface area contributed by atoms with Crippen molar-refractivity contribution < 1.29 is 9.53 Å². The van der Waals surface area contributed by atoms with Crippen LogP contribution < -0.4 is 4.74 Å². The number of carbonyl (C=O) groups excluding carboxylic acids is 1. The maximum atomic E-state index is 9.94. The molecule has 1 aromatic heterocycles. The van der Waals surface area contributed by atoms with Gasteiger partial charge in [-0.3, -0.25) is 4.98 Å². The van der Waals surface area contributed by atoms with Crippen molar-refractivity contribution in [2.24, 2.45) is 4.40 Å². The average molecular weight is 244 g/mol. The fourth-order valence-corrected chi connectivity index (χ4v) is 1.58. The number of rotatable bonds is 4. The van der Waals surface area contributed by atoms with Crippen LogP contribution >= 0.6 is 11.9 Å². The molecule has 1 aromatic carbocycles. The van der Waals surface area contributed by atoms with Gasteiger partial charge in [0, 0.05) is 29.2 Å². The predicted molar refractivity (Wildman–Crippen MR) is 64.7 cm³/mol. The van der Waals surface area contributed by atoms with Crippen molar-refractivity contribution >= 4 is 18.0 Å². The van der Waals surface area contributed by atoms with Crippen LogP contribution in [0.5, 0.6) is 11.5 Å². The van der Waals surface area contributed by atoms with Crippen LogP contribution in [0, 0.1) is 0 Å². The molecule has 0 aliphatic carbocycles. The summed E-state index contributed by atoms with van der Waals surface area (Å²) in [5.74, 6) is 1.45. The zero-order valence-electron chi connectivity index (χ0n) is 8.74. The lowest BCUT2D eigenvalue weighted by Gasteiger charge is -2.04. The Morgan fingerprint density at radius 2 is 1.71 bits per heavy atom. The third-order valence-electron chi connectivity index (χ3n) is 1.90. The summed E-state index contributed by atoms with van der Waals surface area (Å²) in [6, 6.07) is 10.8. The lowest BCUT2D eigenvalue weighted by molar-refractivity contribution is 0.481. The zero-order chi connectivity index (χ0) is 11.9. The highest BCUT2D eigenvalue weighted by Crippen LogP contribution is 2.24. The number of isocyanates is 1. The molecular formula is C12H8N2O2S. The van der Waals surface area contributed by atoms with Crippen molar-refractivity contribution in [3.8, 4) is 11.5 Å². The number of benzene rings is 1. The van der Waals surface area contributed by atoms with Crippen molar-refractivity contribution in [3.63, 3.8) is 0 Å². The monoisotopic (exact) mass is 244 g/mol. The van der Waals surface area contributed by atoms with E-state index in [1.807, 2.05) is 24.3 Å². The summed E-state index contributed by atoms with van der Waals surface area (Å²) in [5, 5.41) is 0. The standard InChI is InChI=1S/C12H8N2O2S/c15-9-14-17-12-3-1-10(2-4-12)16-11-5-7-13-8-6-11/h1-8H. The second kappa shape index (κ2) is 5.84. The molecule has 84 valence electrons. The Kier molecular flexibility index (Phi) is 3.91. The molecule has 4 nitrogen and oxygen atoms in total. The van der Waals surface area contributed by atoms with E-state index in [9.17, 15) is 4.79 Å². The second-order valence-corrected chi connectivity index (χ2v) is 3.87. The van der Waals surface area contributed by atoms with Crippen LogP contribution in [0.25, 0.3) is 0 Å². The lowest BCUT2D eigenvalue weighted by atomic mass is 10.3. The summed E-state index contributed by atoms with van der Waals surface area (Å²) in [6.07, 6.45) is 4.80. The normalized spacial score (nSPS) is 9.41. The van der Waals surface area contributed by atoms with E-state index in [0.717, 1.165) is 28.3 Å². The molecule has 0 saturated heterocycles. The molecule has 0 atom stereocenters. The maximum absolute atomic E-state index is 9.94. The Hall–Kier alpha value is -2.10. The molecule has 5 heteroatoms. The highest BCUT2D eigenvalue weighted by atomic mass is 32.2. The highest BCUT2D eigenvalue weighted by Gasteiger charge is 1.97. The van der Waals surface area contributed by atoms with Gasteiger partial charge in [0.1, 0.15) is 11.5 Å². The first-order valence-electron chi connectivity index (χ1n) is 4.80. The molecule has 0 radical (unpaired) electrons. The van der Waals surface area contributed by atoms with Crippen LogP contribution in [0.3, 0.4) is 0 Å². The number of hydrogen-bond acceptors (Lipinski definition) is 5. The van der Waals surface area contributed by atoms with Crippen LogP contribution in [0.1, 0.15) is 0 Å². The SMILES string of the molecule is O=C=NSc1ccc(Oc2ccncc2)cc1. The molecule has 0 aliphatic rings. The molecule has 0 unspecified atom stereocenters. The molecule has 0 aliphatic heterocycles. The van der Waals surface area contributed by atoms with Crippen molar-refractivity contribution in [1.82, 2.24) is 4.98 Å². The first kappa shape index (κ1) is 11.4. The minimum Gasteiger partial charge on any atom is -0.457 e. The van der Waals surface area contributed by atoms with Gasteiger partial charge in [-0.05, 0) is 36.4 Å². The van der Waals surface area contributed by atoms with Gasteiger partial charge in [-0.2, -0.15) is 0 Å². The summed E-state index contributed by atoms with van der Waals surface area (Å²) in [4.78, 5) is 14.7. The summed E-state index contributed by atoms with van der Waals surface area (Å²) < 4.78 is 9.00. The van der Waals surface area contributed by atoms with E-state index < -0.39 is 0 Å². The largest absolute Gasteiger partial charge is 0.457 e. The van der Waals surface area contributed by atoms with E-state index in [1.54, 1.807) is 24.5 Å². The van der Waals surface area contributed by atoms with Gasteiger partial charge in [0.15, 0.2) is 0 Å². The summed E-state index contributed by atoms with van der Waals surface area (Å²) in [7, 11) is 0. The predicted octanol–water partition coefficient (Wildman–Crippen LogP) is 3.22. The summed E-state index contributed by atoms with van der Waals surface area (Å²) >= 11 is 1.07. The third kappa shape index (κ3) is 3.45. The van der Waals surface area contributed by atoms with Gasteiger partial charge in [0.25, 0.3) is 0 Å². The number of aromatic nitrogens is 1. The summed E-state index contributed by atoms with van der Waals surface area (Å²) in [5.41, 5.74) is 0. The molecular weight excluding hydrogens is 236 g/mol. The van der Waals surface area contributed by atoms with E-state index >= 15 is 0 Å². The van der Waals surface area contributed by atoms with Crippen molar-refractivity contribution in [2.75, 3.05) is 0 Å². The van der Waals surface area contributed by atoms with Crippen LogP contribution in [0.4, 0.5) is 0 Å². The minimum absolute atomic E-state index is 0.718. The first-order chi connectivity index (χ1) is 8.38. The van der Waals surface area contributed by atoms with Gasteiger partial charge in [-0.25, -0.2) is 4.79 Å². The number of hydrogen-bond donors (Lipinski definition) is 0. The second-order valence-electron chi connectivity index (χ2n) is 3.03. The van der Waals surface area contributed by atoms with Crippen LogP contribution in [0.15, 0.2) is 58.1 Å². The lowest BCUT2D eigenvalue weighted by Crippen LogP contribution is -1.83. The van der Waals surface area contributed by atoms with Gasteiger partial charge in [-0.1, -0.05) is 0 Å². The minimum atomic E-state index is 0.718. The topological polar surface area (TPSA) is 51.5 Å². The quantitative estimate of drug-likeness (QED) is 0.470. The Morgan fingerprint density at radius 3 is 2.35 bits per heavy atom. The van der Waals surface area contributed by atoms with Crippen LogP contribution in [-0.2, 0) is 4.79 Å². The first-order valence-corrected chi connectivity index (χ1v) is 5.58. The number of pyridine rings is 1. The van der Waals surface area contributed by atoms with Crippen LogP contribution in [-0.4, -0.2) is 11.1 Å². The molecule has 0 fully saturated rings. The highest BCUT2D eigenvalue weighted by molar-refractivity contribution is 7.98. The van der Waals surface area contributed by atoms with E-state index in [-0.39, 0.29) is 0 Å². The third-order valence-corrected chi connectivity index (χ3v) is 2.55. The van der Waals surface area contributed by atoms with E-state index in [0.29, 0.717) is 0 Å². The molecule has 2 aromatic rings. The number of ether oxygens (including phenoxy) is 1. The van der Waals surface area contributed by atoms with Gasteiger partial charge in [0.2, 0.25) is 6.08 Å². The molecule has 0 N–H and O–H groups in total. The summed E-state index contributed by atoms with van der Waals surface area (Å²) in [6.45, 7) is 0. The molecule has 2 rings (SSSR count). The molecule has 0 spiro atoms. The Balaban J connectivity index is 2.05. The van der Waals surface area contributed by atoms with Gasteiger partial charge < -0.3 is 4.74 Å². The van der Waals surface area contributed by atoms with E-state index in [4.69, 9.17) is 4.74 Å². The van der Waals surface area contributed by atoms with E-state index in [1.165, 1.54) is 6.08 Å². The Morgan fingerprint density at radius 1 is 1.06 bits per heavy atom. The zero-order valence-corrected chi connectivity index (χ0v) is 9.55. The molecule has 17 heavy (non-hydrogen) atoms. The maximum Gasteiger partial charge on any atom is 0.247 e. The smallest absolute Gasteiger partial charge is 0.247 e. The fraction of sp³-hybridized carbons (Fsp3) is 0. The average Bonchev–Trinajstić information content (AvgIpc) is 2.39. The molecule has 0 bridgehead atoms. The Bertz CT molecular complexity index is 522. The van der Waals surface area contributed by atoms with Gasteiger partial charge >= 0.3 is 0 Å². The van der Waals surface area contributed by atoms with Gasteiger partial charge in [0.05, 0.1) is 0 Å².